The first-order chi connectivity index (χ1) is 12.6. The van der Waals surface area contributed by atoms with Crippen LogP contribution in [0.2, 0.25) is 0 Å². The first kappa shape index (κ1) is 17.2. The van der Waals surface area contributed by atoms with E-state index in [1.54, 1.807) is 11.8 Å². The zero-order valence-corrected chi connectivity index (χ0v) is 15.2. The Balaban J connectivity index is 1.32. The third kappa shape index (κ3) is 3.64. The number of hydrogen-bond acceptors (Lipinski definition) is 6. The molecule has 1 aromatic carbocycles. The zero-order chi connectivity index (χ0) is 18.0. The molecule has 2 aliphatic heterocycles. The molecule has 0 aliphatic carbocycles. The number of rotatable bonds is 5. The average Bonchev–Trinajstić information content (AvgIpc) is 3.17. The van der Waals surface area contributed by atoms with Crippen LogP contribution in [0.15, 0.2) is 47.9 Å². The van der Waals surface area contributed by atoms with Crippen molar-refractivity contribution in [2.24, 2.45) is 5.41 Å². The predicted octanol–water partition coefficient (Wildman–Crippen LogP) is 2.01. The van der Waals surface area contributed by atoms with E-state index in [-0.39, 0.29) is 11.8 Å². The van der Waals surface area contributed by atoms with E-state index in [2.05, 4.69) is 32.3 Å². The van der Waals surface area contributed by atoms with Gasteiger partial charge in [-0.05, 0) is 18.5 Å². The maximum Gasteiger partial charge on any atom is 0.234 e. The van der Waals surface area contributed by atoms with E-state index in [4.69, 9.17) is 0 Å². The van der Waals surface area contributed by atoms with Crippen LogP contribution in [0.3, 0.4) is 0 Å². The van der Waals surface area contributed by atoms with Gasteiger partial charge in [0.2, 0.25) is 11.8 Å². The van der Waals surface area contributed by atoms with Crippen LogP contribution in [0.1, 0.15) is 24.0 Å². The molecule has 0 radical (unpaired) electrons. The number of nitrogens with zero attached hydrogens (tertiary/aromatic N) is 3. The molecule has 0 saturated carbocycles. The van der Waals surface area contributed by atoms with Gasteiger partial charge in [0.1, 0.15) is 0 Å². The summed E-state index contributed by atoms with van der Waals surface area (Å²) in [5.41, 5.74) is 1.75. The minimum absolute atomic E-state index is 0.117. The van der Waals surface area contributed by atoms with E-state index in [0.717, 1.165) is 29.4 Å². The highest BCUT2D eigenvalue weighted by atomic mass is 32.2. The molecule has 6 nitrogen and oxygen atoms in total. The molecule has 2 amide bonds. The molecule has 2 aliphatic rings. The fourth-order valence-electron chi connectivity index (χ4n) is 3.59. The molecule has 1 atom stereocenters. The maximum atomic E-state index is 12.1. The van der Waals surface area contributed by atoms with Crippen molar-refractivity contribution >= 4 is 23.6 Å². The lowest BCUT2D eigenvalue weighted by Crippen LogP contribution is -2.34. The summed E-state index contributed by atoms with van der Waals surface area (Å²) >= 11 is 1.61. The van der Waals surface area contributed by atoms with E-state index in [1.165, 1.54) is 5.56 Å². The summed E-state index contributed by atoms with van der Waals surface area (Å²) in [5, 5.41) is 3.20. The second kappa shape index (κ2) is 7.17. The van der Waals surface area contributed by atoms with Crippen LogP contribution in [0, 0.1) is 5.41 Å². The van der Waals surface area contributed by atoms with Crippen molar-refractivity contribution < 1.29 is 9.59 Å². The molecule has 1 spiro atoms. The van der Waals surface area contributed by atoms with Gasteiger partial charge in [0.05, 0.1) is 5.41 Å². The summed E-state index contributed by atoms with van der Waals surface area (Å²) in [7, 11) is 0. The molecule has 1 aromatic heterocycles. The second-order valence-electron chi connectivity index (χ2n) is 6.94. The molecule has 0 bridgehead atoms. The normalized spacial score (nSPS) is 22.9. The summed E-state index contributed by atoms with van der Waals surface area (Å²) in [6.45, 7) is 2.13. The summed E-state index contributed by atoms with van der Waals surface area (Å²) in [6.07, 6.45) is 4.75. The standard InChI is InChI=1S/C19H20N4O2S/c24-16-8-19(17(25)22-16)6-7-23(13-19)11-15-9-20-18(21-10-15)26-12-14-4-2-1-3-5-14/h1-5,9-10H,6-8,11-13H2,(H,22,24,25)/t19-/m1/s1. The van der Waals surface area contributed by atoms with Crippen molar-refractivity contribution in [2.45, 2.75) is 30.3 Å². The molecule has 3 heterocycles. The fourth-order valence-corrected chi connectivity index (χ4v) is 4.34. The Bertz CT molecular complexity index is 812. The molecule has 134 valence electrons. The van der Waals surface area contributed by atoms with Gasteiger partial charge < -0.3 is 0 Å². The molecule has 0 unspecified atom stereocenters. The average molecular weight is 368 g/mol. The topological polar surface area (TPSA) is 75.2 Å². The van der Waals surface area contributed by atoms with Crippen LogP contribution >= 0.6 is 11.8 Å². The van der Waals surface area contributed by atoms with Crippen LogP contribution in [-0.4, -0.2) is 39.8 Å². The van der Waals surface area contributed by atoms with Crippen LogP contribution in [0.4, 0.5) is 0 Å². The number of hydrogen-bond donors (Lipinski definition) is 1. The number of carbonyl (C=O) groups excluding carboxylic acids is 2. The van der Waals surface area contributed by atoms with Gasteiger partial charge in [-0.2, -0.15) is 0 Å². The third-order valence-corrected chi connectivity index (χ3v) is 5.91. The number of amides is 2. The highest BCUT2D eigenvalue weighted by Crippen LogP contribution is 2.38. The molecule has 2 saturated heterocycles. The smallest absolute Gasteiger partial charge is 0.234 e. The van der Waals surface area contributed by atoms with E-state index >= 15 is 0 Å². The Hall–Kier alpha value is -2.25. The quantitative estimate of drug-likeness (QED) is 0.494. The molecule has 2 fully saturated rings. The highest BCUT2D eigenvalue weighted by molar-refractivity contribution is 7.98. The van der Waals surface area contributed by atoms with Gasteiger partial charge in [-0.15, -0.1) is 0 Å². The lowest BCUT2D eigenvalue weighted by molar-refractivity contribution is -0.128. The first-order valence-corrected chi connectivity index (χ1v) is 9.66. The van der Waals surface area contributed by atoms with Gasteiger partial charge >= 0.3 is 0 Å². The molecule has 26 heavy (non-hydrogen) atoms. The number of imide groups is 1. The van der Waals surface area contributed by atoms with Crippen LogP contribution in [0.25, 0.3) is 0 Å². The maximum absolute atomic E-state index is 12.1. The van der Waals surface area contributed by atoms with Crippen molar-refractivity contribution in [1.82, 2.24) is 20.2 Å². The summed E-state index contributed by atoms with van der Waals surface area (Å²) in [6, 6.07) is 10.2. The van der Waals surface area contributed by atoms with Crippen molar-refractivity contribution in [3.05, 3.63) is 53.9 Å². The van der Waals surface area contributed by atoms with Gasteiger partial charge in [0.15, 0.2) is 5.16 Å². The Morgan fingerprint density at radius 2 is 1.88 bits per heavy atom. The Kier molecular flexibility index (Phi) is 4.74. The Labute approximate surface area is 156 Å². The number of nitrogens with one attached hydrogen (secondary N) is 1. The number of thioether (sulfide) groups is 1. The van der Waals surface area contributed by atoms with Gasteiger partial charge in [0.25, 0.3) is 0 Å². The summed E-state index contributed by atoms with van der Waals surface area (Å²) < 4.78 is 0. The molecular weight excluding hydrogens is 348 g/mol. The molecule has 2 aromatic rings. The van der Waals surface area contributed by atoms with E-state index < -0.39 is 5.41 Å². The van der Waals surface area contributed by atoms with Crippen molar-refractivity contribution in [3.63, 3.8) is 0 Å². The van der Waals surface area contributed by atoms with Crippen molar-refractivity contribution in [3.8, 4) is 0 Å². The number of aromatic nitrogens is 2. The van der Waals surface area contributed by atoms with Gasteiger partial charge in [-0.3, -0.25) is 19.8 Å². The number of likely N-dealkylation sites (tertiary alicyclic amines) is 1. The van der Waals surface area contributed by atoms with Gasteiger partial charge in [-0.25, -0.2) is 9.97 Å². The molecule has 1 N–H and O–H groups in total. The lowest BCUT2D eigenvalue weighted by Gasteiger charge is -2.20. The fraction of sp³-hybridized carbons (Fsp3) is 0.368. The molecular formula is C19H20N4O2S. The molecule has 4 rings (SSSR count). The van der Waals surface area contributed by atoms with Crippen LogP contribution < -0.4 is 5.32 Å². The monoisotopic (exact) mass is 368 g/mol. The SMILES string of the molecule is O=C1C[C@@]2(CCN(Cc3cnc(SCc4ccccc4)nc3)C2)C(=O)N1. The minimum Gasteiger partial charge on any atom is -0.298 e. The first-order valence-electron chi connectivity index (χ1n) is 8.67. The second-order valence-corrected chi connectivity index (χ2v) is 7.89. The highest BCUT2D eigenvalue weighted by Gasteiger charge is 2.50. The number of benzene rings is 1. The third-order valence-electron chi connectivity index (χ3n) is 4.96. The minimum atomic E-state index is -0.524. The Morgan fingerprint density at radius 3 is 2.58 bits per heavy atom. The lowest BCUT2D eigenvalue weighted by atomic mass is 9.85. The number of carbonyl (C=O) groups is 2. The van der Waals surface area contributed by atoms with E-state index in [9.17, 15) is 9.59 Å². The largest absolute Gasteiger partial charge is 0.298 e. The zero-order valence-electron chi connectivity index (χ0n) is 14.4. The Morgan fingerprint density at radius 1 is 1.12 bits per heavy atom. The summed E-state index contributed by atoms with van der Waals surface area (Å²) in [5.74, 6) is 0.576. The van der Waals surface area contributed by atoms with E-state index in [1.807, 2.05) is 30.6 Å². The van der Waals surface area contributed by atoms with Crippen LogP contribution in [0.5, 0.6) is 0 Å². The van der Waals surface area contributed by atoms with Gasteiger partial charge in [0, 0.05) is 43.2 Å². The van der Waals surface area contributed by atoms with E-state index in [0.29, 0.717) is 19.5 Å². The summed E-state index contributed by atoms with van der Waals surface area (Å²) in [4.78, 5) is 34.7. The van der Waals surface area contributed by atoms with Crippen LogP contribution in [-0.2, 0) is 21.9 Å². The van der Waals surface area contributed by atoms with Crippen molar-refractivity contribution in [2.75, 3.05) is 13.1 Å². The predicted molar refractivity (Wildman–Crippen MR) is 98.1 cm³/mol. The van der Waals surface area contributed by atoms with Gasteiger partial charge in [-0.1, -0.05) is 42.1 Å². The van der Waals surface area contributed by atoms with Crippen molar-refractivity contribution in [1.29, 1.82) is 0 Å². The molecule has 7 heteroatoms.